The summed E-state index contributed by atoms with van der Waals surface area (Å²) in [4.78, 5) is 2.36. The summed E-state index contributed by atoms with van der Waals surface area (Å²) in [5, 5.41) is 0.626. The first-order chi connectivity index (χ1) is 12.2. The molecular formula is C19H22Cl2N2O2S. The highest BCUT2D eigenvalue weighted by Gasteiger charge is 2.33. The first kappa shape index (κ1) is 19.5. The number of halogens is 2. The van der Waals surface area contributed by atoms with Gasteiger partial charge in [-0.2, -0.15) is 4.31 Å². The van der Waals surface area contributed by atoms with Gasteiger partial charge in [0.15, 0.2) is 0 Å². The lowest BCUT2D eigenvalue weighted by Gasteiger charge is -2.40. The number of aryl methyl sites for hydroxylation is 2. The molecule has 3 rings (SSSR count). The van der Waals surface area contributed by atoms with Gasteiger partial charge in [0, 0.05) is 36.4 Å². The highest BCUT2D eigenvalue weighted by molar-refractivity contribution is 7.89. The average Bonchev–Trinajstić information content (AvgIpc) is 2.59. The van der Waals surface area contributed by atoms with Crippen molar-refractivity contribution in [3.05, 3.63) is 57.6 Å². The van der Waals surface area contributed by atoms with Crippen LogP contribution in [0.15, 0.2) is 41.3 Å². The standard InChI is InChI=1S/C19H22Cl2N2O2S/c1-13-4-6-16(7-5-13)23-9-8-22(12-15(23)3)26(24,25)19-10-14(2)17(20)11-18(19)21/h4-7,10-11,15H,8-9,12H2,1-3H3. The summed E-state index contributed by atoms with van der Waals surface area (Å²) in [6.45, 7) is 7.32. The number of sulfonamides is 1. The minimum Gasteiger partial charge on any atom is -0.366 e. The lowest BCUT2D eigenvalue weighted by Crippen LogP contribution is -2.53. The van der Waals surface area contributed by atoms with Gasteiger partial charge in [0.05, 0.1) is 5.02 Å². The van der Waals surface area contributed by atoms with Gasteiger partial charge in [-0.1, -0.05) is 40.9 Å². The van der Waals surface area contributed by atoms with Crippen molar-refractivity contribution in [2.24, 2.45) is 0 Å². The van der Waals surface area contributed by atoms with E-state index in [1.54, 1.807) is 13.0 Å². The highest BCUT2D eigenvalue weighted by atomic mass is 35.5. The smallest absolute Gasteiger partial charge is 0.244 e. The third-order valence-corrected chi connectivity index (χ3v) is 7.52. The largest absolute Gasteiger partial charge is 0.366 e. The normalized spacial score (nSPS) is 19.0. The number of nitrogens with zero attached hydrogens (tertiary/aromatic N) is 2. The van der Waals surface area contributed by atoms with E-state index >= 15 is 0 Å². The van der Waals surface area contributed by atoms with Crippen LogP contribution in [0.4, 0.5) is 5.69 Å². The molecule has 0 saturated carbocycles. The van der Waals surface area contributed by atoms with Crippen molar-refractivity contribution in [1.29, 1.82) is 0 Å². The molecule has 0 amide bonds. The molecule has 0 aliphatic carbocycles. The number of piperazine rings is 1. The zero-order chi connectivity index (χ0) is 19.1. The van der Waals surface area contributed by atoms with Gasteiger partial charge < -0.3 is 4.90 Å². The Kier molecular flexibility index (Phi) is 5.54. The van der Waals surface area contributed by atoms with Crippen LogP contribution in [-0.4, -0.2) is 38.4 Å². The van der Waals surface area contributed by atoms with E-state index in [1.807, 2.05) is 6.92 Å². The fraction of sp³-hybridized carbons (Fsp3) is 0.368. The molecule has 0 aromatic heterocycles. The van der Waals surface area contributed by atoms with Crippen LogP contribution in [0.1, 0.15) is 18.1 Å². The van der Waals surface area contributed by atoms with Crippen LogP contribution in [0.25, 0.3) is 0 Å². The van der Waals surface area contributed by atoms with Gasteiger partial charge in [-0.15, -0.1) is 0 Å². The molecule has 4 nitrogen and oxygen atoms in total. The number of hydrogen-bond acceptors (Lipinski definition) is 3. The van der Waals surface area contributed by atoms with E-state index in [2.05, 4.69) is 36.1 Å². The van der Waals surface area contributed by atoms with E-state index in [-0.39, 0.29) is 16.0 Å². The second-order valence-electron chi connectivity index (χ2n) is 6.77. The fourth-order valence-electron chi connectivity index (χ4n) is 3.23. The van der Waals surface area contributed by atoms with Crippen LogP contribution in [-0.2, 0) is 10.0 Å². The zero-order valence-corrected chi connectivity index (χ0v) is 17.4. The van der Waals surface area contributed by atoms with E-state index < -0.39 is 10.0 Å². The molecule has 140 valence electrons. The van der Waals surface area contributed by atoms with Gasteiger partial charge in [-0.3, -0.25) is 0 Å². The zero-order valence-electron chi connectivity index (χ0n) is 15.0. The molecule has 1 heterocycles. The predicted molar refractivity (Wildman–Crippen MR) is 108 cm³/mol. The van der Waals surface area contributed by atoms with Crippen molar-refractivity contribution in [3.63, 3.8) is 0 Å². The van der Waals surface area contributed by atoms with Crippen LogP contribution in [0.5, 0.6) is 0 Å². The van der Waals surface area contributed by atoms with Crippen molar-refractivity contribution in [2.75, 3.05) is 24.5 Å². The highest BCUT2D eigenvalue weighted by Crippen LogP contribution is 2.32. The van der Waals surface area contributed by atoms with E-state index in [0.717, 1.165) is 5.69 Å². The van der Waals surface area contributed by atoms with Crippen molar-refractivity contribution in [3.8, 4) is 0 Å². The summed E-state index contributed by atoms with van der Waals surface area (Å²) in [5.74, 6) is 0. The van der Waals surface area contributed by atoms with Crippen LogP contribution < -0.4 is 4.90 Å². The Balaban J connectivity index is 1.84. The van der Waals surface area contributed by atoms with E-state index in [1.165, 1.54) is 15.9 Å². The minimum atomic E-state index is -3.66. The summed E-state index contributed by atoms with van der Waals surface area (Å²) in [6.07, 6.45) is 0. The van der Waals surface area contributed by atoms with E-state index in [0.29, 0.717) is 30.2 Å². The Hall–Kier alpha value is -1.27. The lowest BCUT2D eigenvalue weighted by molar-refractivity contribution is 0.342. The average molecular weight is 413 g/mol. The number of anilines is 1. The molecule has 1 unspecified atom stereocenters. The van der Waals surface area contributed by atoms with Crippen molar-refractivity contribution in [2.45, 2.75) is 31.7 Å². The maximum absolute atomic E-state index is 13.1. The van der Waals surface area contributed by atoms with E-state index in [4.69, 9.17) is 23.2 Å². The summed E-state index contributed by atoms with van der Waals surface area (Å²) < 4.78 is 27.7. The molecule has 1 aliphatic rings. The van der Waals surface area contributed by atoms with Crippen LogP contribution >= 0.6 is 23.2 Å². The first-order valence-electron chi connectivity index (χ1n) is 8.49. The maximum Gasteiger partial charge on any atom is 0.244 e. The minimum absolute atomic E-state index is 0.0633. The van der Waals surface area contributed by atoms with Gasteiger partial charge in [-0.25, -0.2) is 8.42 Å². The number of benzene rings is 2. The van der Waals surface area contributed by atoms with Gasteiger partial charge >= 0.3 is 0 Å². The lowest BCUT2D eigenvalue weighted by atomic mass is 10.1. The molecule has 2 aromatic carbocycles. The molecule has 7 heteroatoms. The fourth-order valence-corrected chi connectivity index (χ4v) is 5.55. The van der Waals surface area contributed by atoms with Gasteiger partial charge in [0.25, 0.3) is 0 Å². The second kappa shape index (κ2) is 7.39. The van der Waals surface area contributed by atoms with Crippen LogP contribution in [0.3, 0.4) is 0 Å². The number of rotatable bonds is 3. The molecule has 1 aliphatic heterocycles. The van der Waals surface area contributed by atoms with E-state index in [9.17, 15) is 8.42 Å². The molecular weight excluding hydrogens is 391 g/mol. The van der Waals surface area contributed by atoms with Crippen molar-refractivity contribution in [1.82, 2.24) is 4.31 Å². The summed E-state index contributed by atoms with van der Waals surface area (Å²) in [7, 11) is -3.66. The molecule has 2 aromatic rings. The molecule has 0 bridgehead atoms. The molecule has 1 atom stereocenters. The van der Waals surface area contributed by atoms with Gasteiger partial charge in [-0.05, 0) is 50.6 Å². The Morgan fingerprint density at radius 2 is 1.65 bits per heavy atom. The summed E-state index contributed by atoms with van der Waals surface area (Å²) >= 11 is 12.2. The maximum atomic E-state index is 13.1. The number of hydrogen-bond donors (Lipinski definition) is 0. The van der Waals surface area contributed by atoms with Gasteiger partial charge in [0.2, 0.25) is 10.0 Å². The Bertz CT molecular complexity index is 914. The second-order valence-corrected chi connectivity index (χ2v) is 9.49. The molecule has 0 radical (unpaired) electrons. The monoisotopic (exact) mass is 412 g/mol. The topological polar surface area (TPSA) is 40.6 Å². The summed E-state index contributed by atoms with van der Waals surface area (Å²) in [6, 6.07) is 11.4. The summed E-state index contributed by atoms with van der Waals surface area (Å²) in [5.41, 5.74) is 3.01. The molecule has 1 fully saturated rings. The first-order valence-corrected chi connectivity index (χ1v) is 10.7. The molecule has 0 N–H and O–H groups in total. The molecule has 1 saturated heterocycles. The third-order valence-electron chi connectivity index (χ3n) is 4.79. The Morgan fingerprint density at radius 1 is 1.00 bits per heavy atom. The SMILES string of the molecule is Cc1ccc(N2CCN(S(=O)(=O)c3cc(C)c(Cl)cc3Cl)CC2C)cc1. The Morgan fingerprint density at radius 3 is 2.27 bits per heavy atom. The van der Waals surface area contributed by atoms with Crippen molar-refractivity contribution >= 4 is 38.9 Å². The Labute approximate surface area is 165 Å². The van der Waals surface area contributed by atoms with Crippen LogP contribution in [0.2, 0.25) is 10.0 Å². The van der Waals surface area contributed by atoms with Crippen molar-refractivity contribution < 1.29 is 8.42 Å². The predicted octanol–water partition coefficient (Wildman–Crippen LogP) is 4.51. The van der Waals surface area contributed by atoms with Gasteiger partial charge in [0.1, 0.15) is 4.90 Å². The molecule has 0 spiro atoms. The molecule has 26 heavy (non-hydrogen) atoms. The van der Waals surface area contributed by atoms with Crippen LogP contribution in [0, 0.1) is 13.8 Å². The quantitative estimate of drug-likeness (QED) is 0.744. The third kappa shape index (κ3) is 3.72.